The second-order valence-electron chi connectivity index (χ2n) is 5.59. The molecule has 0 aliphatic heterocycles. The van der Waals surface area contributed by atoms with Gasteiger partial charge in [0.25, 0.3) is 0 Å². The van der Waals surface area contributed by atoms with Crippen molar-refractivity contribution >= 4 is 16.7 Å². The van der Waals surface area contributed by atoms with E-state index in [9.17, 15) is 4.39 Å². The smallest absolute Gasteiger partial charge is 0.217 e. The molecule has 26 heavy (non-hydrogen) atoms. The summed E-state index contributed by atoms with van der Waals surface area (Å²) in [7, 11) is 0. The quantitative estimate of drug-likeness (QED) is 0.535. The number of hydrogen-bond acceptors (Lipinski definition) is 6. The number of fused-ring (bicyclic) bond motifs is 3. The number of nitrogens with zero attached hydrogens (tertiary/aromatic N) is 5. The van der Waals surface area contributed by atoms with E-state index in [4.69, 9.17) is 9.15 Å². The Morgan fingerprint density at radius 3 is 2.92 bits per heavy atom. The van der Waals surface area contributed by atoms with Crippen molar-refractivity contribution in [1.82, 2.24) is 29.8 Å². The lowest BCUT2D eigenvalue weighted by atomic mass is 10.3. The topological polar surface area (TPSA) is 94.1 Å². The van der Waals surface area contributed by atoms with Gasteiger partial charge in [-0.3, -0.25) is 5.10 Å². The summed E-state index contributed by atoms with van der Waals surface area (Å²) in [4.78, 5) is 8.72. The van der Waals surface area contributed by atoms with Gasteiger partial charge in [-0.1, -0.05) is 0 Å². The summed E-state index contributed by atoms with van der Waals surface area (Å²) in [5.41, 5.74) is 1.28. The molecule has 8 nitrogen and oxygen atoms in total. The van der Waals surface area contributed by atoms with Crippen LogP contribution in [0.25, 0.3) is 28.3 Å². The lowest BCUT2D eigenvalue weighted by molar-refractivity contribution is 0.271. The molecule has 0 amide bonds. The van der Waals surface area contributed by atoms with Crippen LogP contribution in [0.5, 0.6) is 5.75 Å². The highest BCUT2D eigenvalue weighted by atomic mass is 19.1. The maximum absolute atomic E-state index is 12.9. The zero-order valence-electron chi connectivity index (χ0n) is 13.3. The summed E-state index contributed by atoms with van der Waals surface area (Å²) in [6.07, 6.45) is 3.22. The number of H-pyrrole nitrogens is 1. The zero-order valence-corrected chi connectivity index (χ0v) is 13.3. The monoisotopic (exact) mass is 350 g/mol. The molecule has 128 valence electrons. The number of benzene rings is 1. The molecule has 0 bridgehead atoms. The van der Waals surface area contributed by atoms with Crippen LogP contribution >= 0.6 is 0 Å². The van der Waals surface area contributed by atoms with Crippen molar-refractivity contribution in [3.8, 4) is 17.3 Å². The van der Waals surface area contributed by atoms with Crippen LogP contribution in [0.15, 0.2) is 53.3 Å². The molecule has 0 saturated heterocycles. The highest BCUT2D eigenvalue weighted by Gasteiger charge is 2.14. The summed E-state index contributed by atoms with van der Waals surface area (Å²) >= 11 is 0. The molecule has 4 heterocycles. The number of aromatic nitrogens is 6. The van der Waals surface area contributed by atoms with Gasteiger partial charge >= 0.3 is 0 Å². The van der Waals surface area contributed by atoms with E-state index in [-0.39, 0.29) is 12.4 Å². The fourth-order valence-corrected chi connectivity index (χ4v) is 2.61. The van der Waals surface area contributed by atoms with Crippen LogP contribution < -0.4 is 4.74 Å². The van der Waals surface area contributed by atoms with Crippen LogP contribution in [0.3, 0.4) is 0 Å². The Kier molecular flexibility index (Phi) is 3.17. The molecule has 5 aromatic rings. The molecule has 0 unspecified atom stereocenters. The molecular formula is C17H11FN6O2. The molecule has 0 fully saturated rings. The summed E-state index contributed by atoms with van der Waals surface area (Å²) < 4.78 is 25.8. The van der Waals surface area contributed by atoms with E-state index in [1.807, 2.05) is 0 Å². The first-order valence-electron chi connectivity index (χ1n) is 7.78. The third-order valence-electron chi connectivity index (χ3n) is 3.86. The second kappa shape index (κ2) is 5.66. The van der Waals surface area contributed by atoms with Crippen molar-refractivity contribution < 1.29 is 13.5 Å². The first-order valence-corrected chi connectivity index (χ1v) is 7.78. The van der Waals surface area contributed by atoms with E-state index in [0.29, 0.717) is 34.4 Å². The van der Waals surface area contributed by atoms with E-state index < -0.39 is 0 Å². The Labute approximate surface area is 145 Å². The minimum absolute atomic E-state index is 0.215. The van der Waals surface area contributed by atoms with E-state index in [1.165, 1.54) is 12.1 Å². The van der Waals surface area contributed by atoms with Gasteiger partial charge in [0.05, 0.1) is 11.6 Å². The highest BCUT2D eigenvalue weighted by molar-refractivity contribution is 5.88. The third kappa shape index (κ3) is 2.46. The predicted octanol–water partition coefficient (Wildman–Crippen LogP) is 2.98. The van der Waals surface area contributed by atoms with Gasteiger partial charge in [-0.25, -0.2) is 18.9 Å². The molecule has 0 aliphatic carbocycles. The van der Waals surface area contributed by atoms with Crippen LogP contribution in [0.4, 0.5) is 4.39 Å². The van der Waals surface area contributed by atoms with Crippen LogP contribution in [-0.4, -0.2) is 29.8 Å². The van der Waals surface area contributed by atoms with Gasteiger partial charge in [0.2, 0.25) is 5.82 Å². The number of halogens is 1. The average Bonchev–Trinajstić information content (AvgIpc) is 3.38. The molecule has 5 rings (SSSR count). The van der Waals surface area contributed by atoms with Gasteiger partial charge in [0.15, 0.2) is 17.1 Å². The van der Waals surface area contributed by atoms with E-state index in [2.05, 4.69) is 25.3 Å². The third-order valence-corrected chi connectivity index (χ3v) is 3.86. The molecule has 0 spiro atoms. The summed E-state index contributed by atoms with van der Waals surface area (Å²) in [6.45, 7) is 0.215. The Balaban J connectivity index is 1.40. The Hall–Kier alpha value is -3.75. The molecule has 0 saturated carbocycles. The average molecular weight is 350 g/mol. The van der Waals surface area contributed by atoms with Gasteiger partial charge < -0.3 is 9.15 Å². The minimum atomic E-state index is -0.309. The molecule has 9 heteroatoms. The van der Waals surface area contributed by atoms with Gasteiger partial charge in [-0.05, 0) is 36.4 Å². The van der Waals surface area contributed by atoms with Crippen molar-refractivity contribution in [2.75, 3.05) is 0 Å². The van der Waals surface area contributed by atoms with Crippen molar-refractivity contribution in [2.45, 2.75) is 6.61 Å². The minimum Gasteiger partial charge on any atom is -0.486 e. The van der Waals surface area contributed by atoms with Crippen LogP contribution in [0.1, 0.15) is 5.76 Å². The van der Waals surface area contributed by atoms with Gasteiger partial charge in [-0.15, -0.1) is 5.10 Å². The lowest BCUT2D eigenvalue weighted by Gasteiger charge is -2.03. The second-order valence-corrected chi connectivity index (χ2v) is 5.59. The maximum atomic E-state index is 12.9. The Morgan fingerprint density at radius 2 is 2.04 bits per heavy atom. The lowest BCUT2D eigenvalue weighted by Crippen LogP contribution is -1.93. The number of furan rings is 1. The zero-order chi connectivity index (χ0) is 17.5. The molecule has 1 N–H and O–H groups in total. The Morgan fingerprint density at radius 1 is 1.15 bits per heavy atom. The van der Waals surface area contributed by atoms with Gasteiger partial charge in [0, 0.05) is 0 Å². The van der Waals surface area contributed by atoms with Crippen LogP contribution in [-0.2, 0) is 6.61 Å². The molecule has 0 aliphatic rings. The van der Waals surface area contributed by atoms with E-state index in [1.54, 1.807) is 41.3 Å². The van der Waals surface area contributed by atoms with Crippen LogP contribution in [0.2, 0.25) is 0 Å². The fourth-order valence-electron chi connectivity index (χ4n) is 2.61. The van der Waals surface area contributed by atoms with Crippen molar-refractivity contribution in [3.05, 3.63) is 60.5 Å². The van der Waals surface area contributed by atoms with Crippen molar-refractivity contribution in [1.29, 1.82) is 0 Å². The Bertz CT molecular complexity index is 1210. The number of ether oxygens (including phenoxy) is 1. The molecule has 1 aromatic carbocycles. The SMILES string of the molecule is Fc1ccc(OCc2ccc(-c3nc4c5cn[nH]c5ncn4n3)o2)cc1. The van der Waals surface area contributed by atoms with Gasteiger partial charge in [-0.2, -0.15) is 5.10 Å². The van der Waals surface area contributed by atoms with Crippen LogP contribution in [0, 0.1) is 5.82 Å². The normalized spacial score (nSPS) is 11.4. The van der Waals surface area contributed by atoms with Crippen molar-refractivity contribution in [3.63, 3.8) is 0 Å². The summed E-state index contributed by atoms with van der Waals surface area (Å²) in [6, 6.07) is 9.37. The first kappa shape index (κ1) is 14.6. The number of hydrogen-bond donors (Lipinski definition) is 1. The molecule has 4 aromatic heterocycles. The van der Waals surface area contributed by atoms with Crippen molar-refractivity contribution in [2.24, 2.45) is 0 Å². The maximum Gasteiger partial charge on any atom is 0.217 e. The summed E-state index contributed by atoms with van der Waals surface area (Å²) in [5, 5.41) is 11.9. The fraction of sp³-hybridized carbons (Fsp3) is 0.0588. The van der Waals surface area contributed by atoms with Gasteiger partial charge in [0.1, 0.15) is 30.3 Å². The highest BCUT2D eigenvalue weighted by Crippen LogP contribution is 2.23. The summed E-state index contributed by atoms with van der Waals surface area (Å²) in [5.74, 6) is 1.81. The molecule has 0 atom stereocenters. The van der Waals surface area contributed by atoms with E-state index in [0.717, 1.165) is 5.39 Å². The first-order chi connectivity index (χ1) is 12.8. The predicted molar refractivity (Wildman–Crippen MR) is 88.9 cm³/mol. The largest absolute Gasteiger partial charge is 0.486 e. The molecular weight excluding hydrogens is 339 g/mol. The number of rotatable bonds is 4. The van der Waals surface area contributed by atoms with E-state index >= 15 is 0 Å². The number of aromatic amines is 1. The standard InChI is InChI=1S/C17H11FN6O2/c18-10-1-3-11(4-2-10)25-8-12-5-6-14(26-12)16-21-17-13-7-20-22-15(13)19-9-24(17)23-16/h1-7,9H,8H2,(H,20,22). The molecule has 0 radical (unpaired) electrons. The number of nitrogens with one attached hydrogen (secondary N) is 1.